The highest BCUT2D eigenvalue weighted by Gasteiger charge is 2.43. The number of aromatic nitrogens is 1. The molecule has 5 amide bonds. The molecule has 1 fully saturated rings. The first-order chi connectivity index (χ1) is 30.0. The molecule has 3 rings (SSSR count). The molecule has 2 heterocycles. The number of methoxy groups -OCH3 is 2. The van der Waals surface area contributed by atoms with Crippen LogP contribution < -0.4 is 16.0 Å². The number of nitrogens with one attached hydrogen (secondary N) is 3. The van der Waals surface area contributed by atoms with Crippen molar-refractivity contribution in [1.29, 1.82) is 0 Å². The lowest BCUT2D eigenvalue weighted by Gasteiger charge is -2.41. The van der Waals surface area contributed by atoms with Gasteiger partial charge in [-0.15, -0.1) is 11.3 Å². The molecule has 0 radical (unpaired) electrons. The molecule has 354 valence electrons. The third-order valence-corrected chi connectivity index (χ3v) is 13.2. The number of ether oxygens (including phenoxy) is 3. The molecule has 0 unspecified atom stereocenters. The molecule has 0 saturated carbocycles. The van der Waals surface area contributed by atoms with Gasteiger partial charge < -0.3 is 45.1 Å². The SMILES string of the molecule is CC[C@H](C)[C@@H]([C@@H](CC(=O)N1CCC[C@H]1[C@H](OC)[C@@H](C)C(=O)N[C@@H](Cc1ccccc1)c1nccs1)OC)N(C)C(=O)[C@@H](NC(=O)[C@H](C(C)C)N(C)CCOCCNC(=O)O)C(C)C. The van der Waals surface area contributed by atoms with Gasteiger partial charge in [-0.3, -0.25) is 24.1 Å². The Kier molecular flexibility index (Phi) is 22.4. The van der Waals surface area contributed by atoms with Crippen molar-refractivity contribution in [2.24, 2.45) is 23.7 Å². The topological polar surface area (TPSA) is 192 Å². The van der Waals surface area contributed by atoms with Crippen molar-refractivity contribution < 1.29 is 43.3 Å². The average molecular weight is 902 g/mol. The Morgan fingerprint density at radius 1 is 0.952 bits per heavy atom. The van der Waals surface area contributed by atoms with Crippen molar-refractivity contribution in [3.05, 3.63) is 52.5 Å². The summed E-state index contributed by atoms with van der Waals surface area (Å²) in [5.41, 5.74) is 1.08. The van der Waals surface area contributed by atoms with Crippen LogP contribution >= 0.6 is 11.3 Å². The predicted octanol–water partition coefficient (Wildman–Crippen LogP) is 4.84. The van der Waals surface area contributed by atoms with E-state index in [1.54, 1.807) is 32.4 Å². The minimum absolute atomic E-state index is 0.00714. The summed E-state index contributed by atoms with van der Waals surface area (Å²) in [6.07, 6.45) is 2.11. The van der Waals surface area contributed by atoms with Gasteiger partial charge in [0, 0.05) is 52.5 Å². The van der Waals surface area contributed by atoms with Crippen LogP contribution in [-0.4, -0.2) is 152 Å². The highest BCUT2D eigenvalue weighted by Crippen LogP contribution is 2.30. The number of benzene rings is 1. The molecular formula is C46H75N7O9S. The lowest BCUT2D eigenvalue weighted by molar-refractivity contribution is -0.148. The Morgan fingerprint density at radius 2 is 1.65 bits per heavy atom. The summed E-state index contributed by atoms with van der Waals surface area (Å²) >= 11 is 1.49. The van der Waals surface area contributed by atoms with E-state index in [1.165, 1.54) is 11.3 Å². The Hall–Kier alpha value is -4.16. The second-order valence-corrected chi connectivity index (χ2v) is 18.4. The Balaban J connectivity index is 1.74. The van der Waals surface area contributed by atoms with E-state index in [0.29, 0.717) is 39.0 Å². The summed E-state index contributed by atoms with van der Waals surface area (Å²) in [7, 11) is 6.68. The number of likely N-dealkylation sites (N-methyl/N-ethyl adjacent to an activating group) is 2. The van der Waals surface area contributed by atoms with Crippen molar-refractivity contribution in [2.45, 2.75) is 123 Å². The fourth-order valence-corrected chi connectivity index (χ4v) is 9.42. The first kappa shape index (κ1) is 53.2. The van der Waals surface area contributed by atoms with Gasteiger partial charge in [-0.2, -0.15) is 0 Å². The second-order valence-electron chi connectivity index (χ2n) is 17.5. The van der Waals surface area contributed by atoms with Gasteiger partial charge in [0.15, 0.2) is 0 Å². The molecule has 2 aromatic rings. The Bertz CT molecular complexity index is 1700. The van der Waals surface area contributed by atoms with Crippen LogP contribution in [0.5, 0.6) is 0 Å². The standard InChI is InChI=1S/C46H75N7O9S/c1-12-31(6)40(52(9)45(57)38(29(2)3)50-43(56)39(30(4)5)51(8)23-25-62-24-20-48-46(58)59)36(60-10)28-37(54)53-22-16-19-35(53)41(61-11)32(7)42(55)49-34(44-47-21-26-63-44)27-33-17-14-13-15-18-33/h13-15,17-18,21,26,29-32,34-36,38-41,48H,12,16,19-20,22-25,27-28H2,1-11H3,(H,49,55)(H,50,56)(H,58,59)/t31-,32+,34-,35-,36+,38-,39-,40-,41+/m0/s1. The molecular weight excluding hydrogens is 827 g/mol. The van der Waals surface area contributed by atoms with Crippen LogP contribution in [-0.2, 0) is 39.8 Å². The first-order valence-corrected chi connectivity index (χ1v) is 23.3. The number of thiazole rings is 1. The molecule has 0 bridgehead atoms. The molecule has 1 saturated heterocycles. The second kappa shape index (κ2) is 26.6. The lowest BCUT2D eigenvalue weighted by Crippen LogP contribution is -2.60. The number of hydrogen-bond acceptors (Lipinski definition) is 11. The summed E-state index contributed by atoms with van der Waals surface area (Å²) in [5, 5.41) is 20.0. The summed E-state index contributed by atoms with van der Waals surface area (Å²) in [6.45, 7) is 15.2. The van der Waals surface area contributed by atoms with Gasteiger partial charge in [0.2, 0.25) is 23.6 Å². The number of carbonyl (C=O) groups excluding carboxylic acids is 4. The van der Waals surface area contributed by atoms with Gasteiger partial charge in [0.05, 0.1) is 61.9 Å². The van der Waals surface area contributed by atoms with Gasteiger partial charge in [-0.05, 0) is 49.6 Å². The van der Waals surface area contributed by atoms with E-state index in [-0.39, 0.29) is 73.0 Å². The molecule has 1 aromatic heterocycles. The molecule has 1 aliphatic rings. The third-order valence-electron chi connectivity index (χ3n) is 12.3. The van der Waals surface area contributed by atoms with Crippen molar-refractivity contribution >= 4 is 41.1 Å². The van der Waals surface area contributed by atoms with Crippen LogP contribution in [0.1, 0.15) is 90.8 Å². The number of carboxylic acid groups (broad SMARTS) is 1. The van der Waals surface area contributed by atoms with Crippen LogP contribution in [0, 0.1) is 23.7 Å². The minimum atomic E-state index is -1.12. The highest BCUT2D eigenvalue weighted by atomic mass is 32.1. The number of rotatable bonds is 27. The van der Waals surface area contributed by atoms with Gasteiger partial charge >= 0.3 is 6.09 Å². The molecule has 17 heteroatoms. The minimum Gasteiger partial charge on any atom is -0.465 e. The van der Waals surface area contributed by atoms with Crippen LogP contribution in [0.15, 0.2) is 41.9 Å². The van der Waals surface area contributed by atoms with Gasteiger partial charge in [0.1, 0.15) is 11.0 Å². The van der Waals surface area contributed by atoms with Gasteiger partial charge in [0.25, 0.3) is 0 Å². The Labute approximate surface area is 379 Å². The van der Waals surface area contributed by atoms with Crippen molar-refractivity contribution in [3.63, 3.8) is 0 Å². The van der Waals surface area contributed by atoms with Crippen molar-refractivity contribution in [1.82, 2.24) is 35.6 Å². The highest BCUT2D eigenvalue weighted by molar-refractivity contribution is 7.09. The van der Waals surface area contributed by atoms with Gasteiger partial charge in [-0.25, -0.2) is 9.78 Å². The normalized spacial score (nSPS) is 18.0. The van der Waals surface area contributed by atoms with Crippen LogP contribution in [0.25, 0.3) is 0 Å². The van der Waals surface area contributed by atoms with E-state index >= 15 is 0 Å². The summed E-state index contributed by atoms with van der Waals surface area (Å²) in [6, 6.07) is 7.39. The van der Waals surface area contributed by atoms with Crippen LogP contribution in [0.2, 0.25) is 0 Å². The molecule has 0 aliphatic carbocycles. The molecule has 16 nitrogen and oxygen atoms in total. The molecule has 9 atom stereocenters. The zero-order valence-electron chi connectivity index (χ0n) is 39.4. The number of likely N-dealkylation sites (tertiary alicyclic amines) is 1. The van der Waals surface area contributed by atoms with Crippen molar-refractivity contribution in [2.75, 3.05) is 61.2 Å². The van der Waals surface area contributed by atoms with E-state index in [0.717, 1.165) is 17.0 Å². The van der Waals surface area contributed by atoms with Crippen LogP contribution in [0.4, 0.5) is 4.79 Å². The number of nitrogens with zero attached hydrogens (tertiary/aromatic N) is 4. The number of carbonyl (C=O) groups is 5. The summed E-state index contributed by atoms with van der Waals surface area (Å²) in [4.78, 5) is 77.4. The van der Waals surface area contributed by atoms with E-state index in [2.05, 4.69) is 20.9 Å². The summed E-state index contributed by atoms with van der Waals surface area (Å²) in [5.74, 6) is -1.88. The maximum Gasteiger partial charge on any atom is 0.404 e. The zero-order valence-corrected chi connectivity index (χ0v) is 40.2. The van der Waals surface area contributed by atoms with E-state index in [4.69, 9.17) is 19.3 Å². The van der Waals surface area contributed by atoms with E-state index in [9.17, 15) is 24.0 Å². The van der Waals surface area contributed by atoms with E-state index < -0.39 is 42.3 Å². The third kappa shape index (κ3) is 15.5. The molecule has 0 spiro atoms. The maximum absolute atomic E-state index is 14.5. The zero-order chi connectivity index (χ0) is 46.8. The smallest absolute Gasteiger partial charge is 0.404 e. The quantitative estimate of drug-likeness (QED) is 0.0898. The Morgan fingerprint density at radius 3 is 2.22 bits per heavy atom. The first-order valence-electron chi connectivity index (χ1n) is 22.4. The van der Waals surface area contributed by atoms with Crippen molar-refractivity contribution in [3.8, 4) is 0 Å². The monoisotopic (exact) mass is 902 g/mol. The predicted molar refractivity (Wildman–Crippen MR) is 244 cm³/mol. The average Bonchev–Trinajstić information content (AvgIpc) is 3.97. The van der Waals surface area contributed by atoms with Crippen LogP contribution in [0.3, 0.4) is 0 Å². The molecule has 4 N–H and O–H groups in total. The fraction of sp³-hybridized carbons (Fsp3) is 0.696. The summed E-state index contributed by atoms with van der Waals surface area (Å²) < 4.78 is 17.7. The number of hydrogen-bond donors (Lipinski definition) is 4. The molecule has 1 aromatic carbocycles. The number of amides is 5. The van der Waals surface area contributed by atoms with Gasteiger partial charge in [-0.1, -0.05) is 85.2 Å². The molecule has 63 heavy (non-hydrogen) atoms. The fourth-order valence-electron chi connectivity index (χ4n) is 8.73. The lowest BCUT2D eigenvalue weighted by atomic mass is 9.89. The largest absolute Gasteiger partial charge is 0.465 e. The maximum atomic E-state index is 14.5. The van der Waals surface area contributed by atoms with E-state index in [1.807, 2.05) is 101 Å². The molecule has 1 aliphatic heterocycles.